The molecule has 1 amide bonds. The SMILES string of the molecule is O=C(NCc1ccc(Cl)c(Cl)c1)c1c[nH]c2occc2c1=O. The van der Waals surface area contributed by atoms with Crippen LogP contribution in [0.3, 0.4) is 0 Å². The lowest BCUT2D eigenvalue weighted by molar-refractivity contribution is 0.0949. The molecule has 5 nitrogen and oxygen atoms in total. The van der Waals surface area contributed by atoms with Gasteiger partial charge in [0.25, 0.3) is 5.91 Å². The molecule has 0 unspecified atom stereocenters. The summed E-state index contributed by atoms with van der Waals surface area (Å²) in [5.41, 5.74) is 0.762. The van der Waals surface area contributed by atoms with Gasteiger partial charge in [0.15, 0.2) is 0 Å². The van der Waals surface area contributed by atoms with E-state index in [2.05, 4.69) is 10.3 Å². The molecule has 2 heterocycles. The number of amides is 1. The molecule has 3 rings (SSSR count). The van der Waals surface area contributed by atoms with Crippen molar-refractivity contribution in [2.45, 2.75) is 6.54 Å². The minimum atomic E-state index is -0.476. The van der Waals surface area contributed by atoms with Crippen LogP contribution in [0.4, 0.5) is 0 Å². The number of pyridine rings is 1. The van der Waals surface area contributed by atoms with E-state index < -0.39 is 5.91 Å². The van der Waals surface area contributed by atoms with Crippen molar-refractivity contribution in [2.24, 2.45) is 0 Å². The molecule has 0 fully saturated rings. The van der Waals surface area contributed by atoms with Crippen LogP contribution in [-0.4, -0.2) is 10.9 Å². The van der Waals surface area contributed by atoms with E-state index in [4.69, 9.17) is 27.6 Å². The summed E-state index contributed by atoms with van der Waals surface area (Å²) in [5.74, 6) is -0.476. The molecule has 112 valence electrons. The molecule has 0 saturated heterocycles. The Balaban J connectivity index is 1.79. The van der Waals surface area contributed by atoms with Gasteiger partial charge in [-0.3, -0.25) is 9.59 Å². The zero-order chi connectivity index (χ0) is 15.7. The number of benzene rings is 1. The lowest BCUT2D eigenvalue weighted by atomic mass is 10.2. The summed E-state index contributed by atoms with van der Waals surface area (Å²) in [6, 6.07) is 6.57. The predicted octanol–water partition coefficient (Wildman–Crippen LogP) is 3.36. The van der Waals surface area contributed by atoms with Crippen LogP contribution in [-0.2, 0) is 6.54 Å². The van der Waals surface area contributed by atoms with Crippen LogP contribution in [0, 0.1) is 0 Å². The fraction of sp³-hybridized carbons (Fsp3) is 0.0667. The maximum absolute atomic E-state index is 12.2. The van der Waals surface area contributed by atoms with Crippen LogP contribution in [0.2, 0.25) is 10.0 Å². The number of furan rings is 1. The fourth-order valence-corrected chi connectivity index (χ4v) is 2.36. The summed E-state index contributed by atoms with van der Waals surface area (Å²) >= 11 is 11.7. The number of carbonyl (C=O) groups excluding carboxylic acids is 1. The third-order valence-electron chi connectivity index (χ3n) is 3.18. The van der Waals surface area contributed by atoms with Gasteiger partial charge in [0.05, 0.1) is 21.7 Å². The Kier molecular flexibility index (Phi) is 3.92. The molecule has 0 atom stereocenters. The highest BCUT2D eigenvalue weighted by atomic mass is 35.5. The van der Waals surface area contributed by atoms with Crippen LogP contribution in [0.25, 0.3) is 11.1 Å². The van der Waals surface area contributed by atoms with Crippen LogP contribution in [0.1, 0.15) is 15.9 Å². The molecular formula is C15H10Cl2N2O3. The first-order valence-electron chi connectivity index (χ1n) is 6.37. The number of H-pyrrole nitrogens is 1. The average molecular weight is 337 g/mol. The van der Waals surface area contributed by atoms with Gasteiger partial charge in [-0.05, 0) is 23.8 Å². The first-order valence-corrected chi connectivity index (χ1v) is 7.13. The molecule has 0 radical (unpaired) electrons. The van der Waals surface area contributed by atoms with E-state index in [9.17, 15) is 9.59 Å². The second kappa shape index (κ2) is 5.87. The number of fused-ring (bicyclic) bond motifs is 1. The Labute approximate surface area is 134 Å². The number of halogens is 2. The van der Waals surface area contributed by atoms with Crippen molar-refractivity contribution >= 4 is 40.2 Å². The van der Waals surface area contributed by atoms with Crippen molar-refractivity contribution in [2.75, 3.05) is 0 Å². The number of aromatic amines is 1. The number of rotatable bonds is 3. The van der Waals surface area contributed by atoms with Crippen molar-refractivity contribution < 1.29 is 9.21 Å². The summed E-state index contributed by atoms with van der Waals surface area (Å²) in [7, 11) is 0. The molecule has 22 heavy (non-hydrogen) atoms. The van der Waals surface area contributed by atoms with Crippen LogP contribution in [0.5, 0.6) is 0 Å². The molecule has 0 saturated carbocycles. The second-order valence-electron chi connectivity index (χ2n) is 4.63. The van der Waals surface area contributed by atoms with E-state index in [1.807, 2.05) is 0 Å². The van der Waals surface area contributed by atoms with E-state index >= 15 is 0 Å². The molecule has 3 aromatic rings. The fourth-order valence-electron chi connectivity index (χ4n) is 2.04. The Hall–Kier alpha value is -2.24. The highest BCUT2D eigenvalue weighted by Gasteiger charge is 2.14. The van der Waals surface area contributed by atoms with E-state index in [0.717, 1.165) is 5.56 Å². The molecule has 2 N–H and O–H groups in total. The molecule has 7 heteroatoms. The highest BCUT2D eigenvalue weighted by Crippen LogP contribution is 2.22. The van der Waals surface area contributed by atoms with Gasteiger partial charge in [-0.15, -0.1) is 0 Å². The Bertz CT molecular complexity index is 915. The molecule has 2 aromatic heterocycles. The largest absolute Gasteiger partial charge is 0.448 e. The van der Waals surface area contributed by atoms with Gasteiger partial charge in [0, 0.05) is 12.7 Å². The van der Waals surface area contributed by atoms with Gasteiger partial charge in [-0.2, -0.15) is 0 Å². The minimum Gasteiger partial charge on any atom is -0.448 e. The van der Waals surface area contributed by atoms with Crippen molar-refractivity contribution in [1.82, 2.24) is 10.3 Å². The van der Waals surface area contributed by atoms with Crippen molar-refractivity contribution in [3.8, 4) is 0 Å². The van der Waals surface area contributed by atoms with Crippen molar-refractivity contribution in [1.29, 1.82) is 0 Å². The summed E-state index contributed by atoms with van der Waals surface area (Å²) in [6.45, 7) is 0.235. The first-order chi connectivity index (χ1) is 10.6. The summed E-state index contributed by atoms with van der Waals surface area (Å²) in [4.78, 5) is 27.1. The zero-order valence-electron chi connectivity index (χ0n) is 11.2. The summed E-state index contributed by atoms with van der Waals surface area (Å²) in [6.07, 6.45) is 2.72. The van der Waals surface area contributed by atoms with E-state index in [0.29, 0.717) is 21.1 Å². The van der Waals surface area contributed by atoms with E-state index in [1.54, 1.807) is 18.2 Å². The molecular weight excluding hydrogens is 327 g/mol. The quantitative estimate of drug-likeness (QED) is 0.770. The Morgan fingerprint density at radius 3 is 2.82 bits per heavy atom. The first kappa shape index (κ1) is 14.7. The highest BCUT2D eigenvalue weighted by molar-refractivity contribution is 6.42. The molecule has 1 aromatic carbocycles. The zero-order valence-corrected chi connectivity index (χ0v) is 12.7. The minimum absolute atomic E-state index is 0.0222. The topological polar surface area (TPSA) is 75.1 Å². The molecule has 0 aliphatic heterocycles. The maximum atomic E-state index is 12.2. The Morgan fingerprint density at radius 1 is 1.23 bits per heavy atom. The van der Waals surface area contributed by atoms with Crippen molar-refractivity contribution in [3.05, 3.63) is 68.1 Å². The van der Waals surface area contributed by atoms with E-state index in [-0.39, 0.29) is 17.5 Å². The lowest BCUT2D eigenvalue weighted by Gasteiger charge is -2.06. The van der Waals surface area contributed by atoms with Crippen molar-refractivity contribution in [3.63, 3.8) is 0 Å². The number of hydrogen-bond acceptors (Lipinski definition) is 3. The van der Waals surface area contributed by atoms with Gasteiger partial charge in [-0.25, -0.2) is 0 Å². The van der Waals surface area contributed by atoms with Gasteiger partial charge in [0.1, 0.15) is 5.56 Å². The van der Waals surface area contributed by atoms with Gasteiger partial charge < -0.3 is 14.7 Å². The maximum Gasteiger partial charge on any atom is 0.257 e. The normalized spacial score (nSPS) is 10.8. The third kappa shape index (κ3) is 2.73. The van der Waals surface area contributed by atoms with Gasteiger partial charge in [0.2, 0.25) is 11.1 Å². The Morgan fingerprint density at radius 2 is 2.05 bits per heavy atom. The predicted molar refractivity (Wildman–Crippen MR) is 84.5 cm³/mol. The smallest absolute Gasteiger partial charge is 0.257 e. The number of nitrogens with one attached hydrogen (secondary N) is 2. The molecule has 0 bridgehead atoms. The summed E-state index contributed by atoms with van der Waals surface area (Å²) < 4.78 is 5.07. The molecule has 0 aliphatic rings. The number of carbonyl (C=O) groups is 1. The van der Waals surface area contributed by atoms with Gasteiger partial charge in [-0.1, -0.05) is 29.3 Å². The third-order valence-corrected chi connectivity index (χ3v) is 3.92. The van der Waals surface area contributed by atoms with Crippen LogP contribution in [0.15, 0.2) is 45.9 Å². The van der Waals surface area contributed by atoms with Gasteiger partial charge >= 0.3 is 0 Å². The summed E-state index contributed by atoms with van der Waals surface area (Å²) in [5, 5.41) is 3.86. The second-order valence-corrected chi connectivity index (χ2v) is 5.44. The van der Waals surface area contributed by atoms with Crippen LogP contribution >= 0.6 is 23.2 Å². The number of hydrogen-bond donors (Lipinski definition) is 2. The van der Waals surface area contributed by atoms with Crippen LogP contribution < -0.4 is 10.7 Å². The standard InChI is InChI=1S/C15H10Cl2N2O3/c16-11-2-1-8(5-12(11)17)6-18-14(21)10-7-19-15-9(13(10)20)3-4-22-15/h1-5,7H,6H2,(H,18,21)(H,19,20). The average Bonchev–Trinajstić information content (AvgIpc) is 2.98. The lowest BCUT2D eigenvalue weighted by Crippen LogP contribution is -2.28. The molecule has 0 spiro atoms. The number of aromatic nitrogens is 1. The molecule has 0 aliphatic carbocycles. The monoisotopic (exact) mass is 336 g/mol. The van der Waals surface area contributed by atoms with E-state index in [1.165, 1.54) is 18.5 Å².